The summed E-state index contributed by atoms with van der Waals surface area (Å²) in [4.78, 5) is 17.1. The number of anilines is 1. The van der Waals surface area contributed by atoms with Crippen LogP contribution in [-0.2, 0) is 24.2 Å². The third-order valence-electron chi connectivity index (χ3n) is 4.99. The highest BCUT2D eigenvalue weighted by molar-refractivity contribution is 5.95. The molecule has 0 saturated heterocycles. The van der Waals surface area contributed by atoms with Crippen LogP contribution in [0.25, 0.3) is 11.3 Å². The highest BCUT2D eigenvalue weighted by Gasteiger charge is 2.15. The fourth-order valence-corrected chi connectivity index (χ4v) is 3.47. The minimum Gasteiger partial charge on any atom is -0.334 e. The van der Waals surface area contributed by atoms with Crippen molar-refractivity contribution in [2.45, 2.75) is 38.3 Å². The number of amides is 1. The molecule has 1 unspecified atom stereocenters. The number of benzene rings is 2. The Bertz CT molecular complexity index is 902. The molecule has 29 heavy (non-hydrogen) atoms. The maximum absolute atomic E-state index is 12.4. The van der Waals surface area contributed by atoms with Gasteiger partial charge in [0.25, 0.3) is 0 Å². The van der Waals surface area contributed by atoms with Crippen molar-refractivity contribution in [3.05, 3.63) is 72.2 Å². The van der Waals surface area contributed by atoms with E-state index in [0.29, 0.717) is 6.42 Å². The predicted molar refractivity (Wildman–Crippen MR) is 122 cm³/mol. The van der Waals surface area contributed by atoms with Gasteiger partial charge in [-0.25, -0.2) is 4.98 Å². The summed E-state index contributed by atoms with van der Waals surface area (Å²) in [6.45, 7) is 1.05. The van der Waals surface area contributed by atoms with E-state index in [1.165, 1.54) is 18.7 Å². The number of rotatable bonds is 5. The summed E-state index contributed by atoms with van der Waals surface area (Å²) in [5.41, 5.74) is 9.90. The zero-order valence-corrected chi connectivity index (χ0v) is 17.7. The number of hydrogen-bond acceptors (Lipinski definition) is 3. The van der Waals surface area contributed by atoms with Crippen LogP contribution in [0.2, 0.25) is 0 Å². The Morgan fingerprint density at radius 2 is 1.79 bits per heavy atom. The lowest BCUT2D eigenvalue weighted by Gasteiger charge is -2.12. The van der Waals surface area contributed by atoms with Crippen LogP contribution in [0.1, 0.15) is 24.2 Å². The van der Waals surface area contributed by atoms with Crippen molar-refractivity contribution in [3.8, 4) is 11.3 Å². The normalized spacial score (nSPS) is 13.4. The van der Waals surface area contributed by atoms with Crippen LogP contribution in [0.5, 0.6) is 0 Å². The summed E-state index contributed by atoms with van der Waals surface area (Å²) >= 11 is 0. The number of halogens is 2. The van der Waals surface area contributed by atoms with E-state index >= 15 is 0 Å². The monoisotopic (exact) mass is 432 g/mol. The average Bonchev–Trinajstić information content (AvgIpc) is 3.13. The number of imidazole rings is 1. The van der Waals surface area contributed by atoms with E-state index in [1.807, 2.05) is 54.6 Å². The lowest BCUT2D eigenvalue weighted by molar-refractivity contribution is -0.117. The highest BCUT2D eigenvalue weighted by Crippen LogP contribution is 2.24. The summed E-state index contributed by atoms with van der Waals surface area (Å²) in [5, 5.41) is 2.90. The standard InChI is InChI=1S/C22H24N4O.2ClH/c23-19(14-16-6-2-1-3-7-16)22(27)24-18-11-9-17(10-12-18)20-15-26-13-5-4-8-21(26)25-20;;/h1-3,6-7,9-12,15,19H,4-5,8,13-14,23H2,(H,24,27);2*1H. The highest BCUT2D eigenvalue weighted by atomic mass is 35.5. The quantitative estimate of drug-likeness (QED) is 0.632. The van der Waals surface area contributed by atoms with E-state index in [-0.39, 0.29) is 30.7 Å². The molecule has 0 bridgehead atoms. The Labute approximate surface area is 183 Å². The van der Waals surface area contributed by atoms with Crippen LogP contribution in [0, 0.1) is 0 Å². The van der Waals surface area contributed by atoms with Crippen molar-refractivity contribution in [2.24, 2.45) is 5.73 Å². The van der Waals surface area contributed by atoms with Gasteiger partial charge in [0.15, 0.2) is 0 Å². The molecule has 154 valence electrons. The minimum absolute atomic E-state index is 0. The van der Waals surface area contributed by atoms with Crippen molar-refractivity contribution in [3.63, 3.8) is 0 Å². The van der Waals surface area contributed by atoms with Crippen LogP contribution >= 0.6 is 24.8 Å². The average molecular weight is 433 g/mol. The number of nitrogens with two attached hydrogens (primary N) is 1. The van der Waals surface area contributed by atoms with Gasteiger partial charge in [0.1, 0.15) is 5.82 Å². The number of fused-ring (bicyclic) bond motifs is 1. The molecule has 0 fully saturated rings. The molecule has 0 radical (unpaired) electrons. The van der Waals surface area contributed by atoms with Gasteiger partial charge in [0.05, 0.1) is 11.7 Å². The van der Waals surface area contributed by atoms with Crippen molar-refractivity contribution in [2.75, 3.05) is 5.32 Å². The zero-order chi connectivity index (χ0) is 18.6. The summed E-state index contributed by atoms with van der Waals surface area (Å²) < 4.78 is 2.25. The number of carbonyl (C=O) groups is 1. The molecular weight excluding hydrogens is 407 g/mol. The number of aromatic nitrogens is 2. The lowest BCUT2D eigenvalue weighted by atomic mass is 10.1. The first kappa shape index (κ1) is 22.9. The molecular formula is C22H26Cl2N4O. The number of hydrogen-bond donors (Lipinski definition) is 2. The van der Waals surface area contributed by atoms with Gasteiger partial charge in [0, 0.05) is 30.4 Å². The second-order valence-corrected chi connectivity index (χ2v) is 7.06. The van der Waals surface area contributed by atoms with Crippen molar-refractivity contribution in [1.29, 1.82) is 0 Å². The molecule has 3 N–H and O–H groups in total. The number of nitrogens with zero attached hydrogens (tertiary/aromatic N) is 2. The second kappa shape index (κ2) is 10.4. The topological polar surface area (TPSA) is 72.9 Å². The van der Waals surface area contributed by atoms with Crippen LogP contribution in [0.15, 0.2) is 60.8 Å². The van der Waals surface area contributed by atoms with Crippen molar-refractivity contribution >= 4 is 36.4 Å². The summed E-state index contributed by atoms with van der Waals surface area (Å²) in [5.74, 6) is 0.990. The lowest BCUT2D eigenvalue weighted by Crippen LogP contribution is -2.37. The first-order valence-corrected chi connectivity index (χ1v) is 9.46. The fourth-order valence-electron chi connectivity index (χ4n) is 3.47. The van der Waals surface area contributed by atoms with E-state index in [2.05, 4.69) is 16.1 Å². The Morgan fingerprint density at radius 1 is 1.07 bits per heavy atom. The van der Waals surface area contributed by atoms with Gasteiger partial charge < -0.3 is 15.6 Å². The largest absolute Gasteiger partial charge is 0.334 e. The fraction of sp³-hybridized carbons (Fsp3) is 0.273. The van der Waals surface area contributed by atoms with Gasteiger partial charge in [-0.2, -0.15) is 0 Å². The number of aryl methyl sites for hydroxylation is 2. The SMILES string of the molecule is Cl.Cl.NC(Cc1ccccc1)C(=O)Nc1ccc(-c2cn3c(n2)CCCC3)cc1. The molecule has 1 atom stereocenters. The molecule has 1 amide bonds. The Morgan fingerprint density at radius 3 is 2.48 bits per heavy atom. The molecule has 1 aromatic heterocycles. The second-order valence-electron chi connectivity index (χ2n) is 7.06. The van der Waals surface area contributed by atoms with E-state index in [0.717, 1.165) is 35.5 Å². The summed E-state index contributed by atoms with van der Waals surface area (Å²) in [7, 11) is 0. The number of carbonyl (C=O) groups excluding carboxylic acids is 1. The van der Waals surface area contributed by atoms with Crippen LogP contribution in [-0.4, -0.2) is 21.5 Å². The number of nitrogens with one attached hydrogen (secondary N) is 1. The molecule has 2 aromatic carbocycles. The smallest absolute Gasteiger partial charge is 0.241 e. The summed E-state index contributed by atoms with van der Waals surface area (Å²) in [6, 6.07) is 17.0. The maximum Gasteiger partial charge on any atom is 0.241 e. The molecule has 1 aliphatic rings. The zero-order valence-electron chi connectivity index (χ0n) is 16.1. The minimum atomic E-state index is -0.577. The molecule has 0 saturated carbocycles. The van der Waals surface area contributed by atoms with Crippen LogP contribution in [0.4, 0.5) is 5.69 Å². The van der Waals surface area contributed by atoms with E-state index in [9.17, 15) is 4.79 Å². The van der Waals surface area contributed by atoms with Gasteiger partial charge in [0.2, 0.25) is 5.91 Å². The Kier molecular flexibility index (Phi) is 8.26. The molecule has 2 heterocycles. The molecule has 1 aliphatic heterocycles. The third-order valence-corrected chi connectivity index (χ3v) is 4.99. The van der Waals surface area contributed by atoms with E-state index in [1.54, 1.807) is 0 Å². The molecule has 3 aromatic rings. The first-order chi connectivity index (χ1) is 13.2. The van der Waals surface area contributed by atoms with Crippen molar-refractivity contribution < 1.29 is 4.79 Å². The van der Waals surface area contributed by atoms with Gasteiger partial charge in [-0.05, 0) is 37.0 Å². The Balaban J connectivity index is 0.00000150. The van der Waals surface area contributed by atoms with Crippen LogP contribution < -0.4 is 11.1 Å². The predicted octanol–water partition coefficient (Wildman–Crippen LogP) is 4.24. The van der Waals surface area contributed by atoms with Gasteiger partial charge >= 0.3 is 0 Å². The third kappa shape index (κ3) is 5.60. The molecule has 0 aliphatic carbocycles. The molecule has 0 spiro atoms. The van der Waals surface area contributed by atoms with Gasteiger partial charge in [-0.3, -0.25) is 4.79 Å². The van der Waals surface area contributed by atoms with E-state index < -0.39 is 6.04 Å². The van der Waals surface area contributed by atoms with Gasteiger partial charge in [-0.15, -0.1) is 24.8 Å². The van der Waals surface area contributed by atoms with Crippen molar-refractivity contribution in [1.82, 2.24) is 9.55 Å². The first-order valence-electron chi connectivity index (χ1n) is 9.46. The van der Waals surface area contributed by atoms with E-state index in [4.69, 9.17) is 10.7 Å². The molecule has 7 heteroatoms. The summed E-state index contributed by atoms with van der Waals surface area (Å²) in [6.07, 6.45) is 6.12. The molecule has 5 nitrogen and oxygen atoms in total. The molecule has 4 rings (SSSR count). The Hall–Kier alpha value is -2.34. The maximum atomic E-state index is 12.4. The van der Waals surface area contributed by atoms with Gasteiger partial charge in [-0.1, -0.05) is 42.5 Å². The van der Waals surface area contributed by atoms with Crippen LogP contribution in [0.3, 0.4) is 0 Å².